The Labute approximate surface area is 174 Å². The summed E-state index contributed by atoms with van der Waals surface area (Å²) in [5.74, 6) is -0.195. The molecule has 0 fully saturated rings. The number of aromatic nitrogens is 2. The maximum atomic E-state index is 13.3. The van der Waals surface area contributed by atoms with Gasteiger partial charge in [-0.1, -0.05) is 31.2 Å². The largest absolute Gasteiger partial charge is 0.495 e. The first-order valence-corrected chi connectivity index (χ1v) is 9.58. The summed E-state index contributed by atoms with van der Waals surface area (Å²) < 4.78 is 6.70. The summed E-state index contributed by atoms with van der Waals surface area (Å²) >= 11 is 0. The van der Waals surface area contributed by atoms with E-state index in [1.807, 2.05) is 6.92 Å². The van der Waals surface area contributed by atoms with Crippen LogP contribution < -0.4 is 20.5 Å². The molecule has 0 saturated carbocycles. The van der Waals surface area contributed by atoms with Crippen LogP contribution in [0.4, 0.5) is 11.5 Å². The van der Waals surface area contributed by atoms with E-state index < -0.39 is 11.6 Å². The maximum absolute atomic E-state index is 13.3. The molecule has 0 aliphatic carbocycles. The van der Waals surface area contributed by atoms with Gasteiger partial charge < -0.3 is 10.1 Å². The maximum Gasteiger partial charge on any atom is 0.295 e. The number of nitrogens with one attached hydrogen (secondary N) is 1. The topological polar surface area (TPSA) is 93.5 Å². The Balaban J connectivity index is 2.14. The molecule has 2 amide bonds. The Kier molecular flexibility index (Phi) is 6.15. The minimum Gasteiger partial charge on any atom is -0.495 e. The summed E-state index contributed by atoms with van der Waals surface area (Å²) in [4.78, 5) is 43.9. The van der Waals surface area contributed by atoms with Gasteiger partial charge >= 0.3 is 0 Å². The van der Waals surface area contributed by atoms with Gasteiger partial charge in [0.15, 0.2) is 0 Å². The molecule has 1 aromatic heterocycles. The fourth-order valence-electron chi connectivity index (χ4n) is 3.27. The third-order valence-corrected chi connectivity index (χ3v) is 4.93. The Bertz CT molecular complexity index is 1160. The molecule has 0 spiro atoms. The lowest BCUT2D eigenvalue weighted by atomic mass is 10.1. The van der Waals surface area contributed by atoms with Crippen LogP contribution in [0.25, 0.3) is 11.0 Å². The summed E-state index contributed by atoms with van der Waals surface area (Å²) in [7, 11) is 3.01. The second-order valence-corrected chi connectivity index (χ2v) is 6.79. The molecule has 0 aliphatic heterocycles. The van der Waals surface area contributed by atoms with Crippen LogP contribution in [-0.4, -0.2) is 35.5 Å². The van der Waals surface area contributed by atoms with Gasteiger partial charge in [-0.15, -0.1) is 0 Å². The van der Waals surface area contributed by atoms with Gasteiger partial charge in [-0.05, 0) is 30.7 Å². The molecular formula is C22H24N4O4. The highest BCUT2D eigenvalue weighted by molar-refractivity contribution is 5.96. The number of amides is 2. The zero-order valence-corrected chi connectivity index (χ0v) is 17.4. The first-order valence-electron chi connectivity index (χ1n) is 9.58. The van der Waals surface area contributed by atoms with Crippen molar-refractivity contribution in [2.24, 2.45) is 0 Å². The number of carbonyl (C=O) groups excluding carboxylic acids is 2. The lowest BCUT2D eigenvalue weighted by molar-refractivity contribution is -0.119. The highest BCUT2D eigenvalue weighted by atomic mass is 16.5. The molecule has 8 nitrogen and oxygen atoms in total. The number of methoxy groups -OCH3 is 1. The van der Waals surface area contributed by atoms with E-state index in [1.54, 1.807) is 48.5 Å². The molecule has 1 heterocycles. The van der Waals surface area contributed by atoms with Crippen molar-refractivity contribution >= 4 is 34.4 Å². The number of anilines is 2. The van der Waals surface area contributed by atoms with Crippen LogP contribution in [0.1, 0.15) is 26.3 Å². The SMILES string of the molecule is CC[C@H](C(=O)Nc1ccccc1OC)n1c(=O)c(N(C)C(C)=O)nc2ccccc21. The molecular weight excluding hydrogens is 384 g/mol. The summed E-state index contributed by atoms with van der Waals surface area (Å²) in [6.45, 7) is 3.18. The number of hydrogen-bond donors (Lipinski definition) is 1. The molecule has 156 valence electrons. The van der Waals surface area contributed by atoms with Crippen molar-refractivity contribution in [3.63, 3.8) is 0 Å². The van der Waals surface area contributed by atoms with Crippen molar-refractivity contribution in [1.29, 1.82) is 0 Å². The van der Waals surface area contributed by atoms with E-state index in [0.717, 1.165) is 0 Å². The zero-order valence-electron chi connectivity index (χ0n) is 17.4. The third kappa shape index (κ3) is 3.89. The fraction of sp³-hybridized carbons (Fsp3) is 0.273. The molecule has 0 radical (unpaired) electrons. The predicted octanol–water partition coefficient (Wildman–Crippen LogP) is 2.98. The zero-order chi connectivity index (χ0) is 21.8. The Morgan fingerprint density at radius 1 is 1.17 bits per heavy atom. The number of ether oxygens (including phenoxy) is 1. The minimum atomic E-state index is -0.811. The summed E-state index contributed by atoms with van der Waals surface area (Å²) in [6.07, 6.45) is 0.359. The Hall–Kier alpha value is -3.68. The van der Waals surface area contributed by atoms with E-state index in [0.29, 0.717) is 28.9 Å². The smallest absolute Gasteiger partial charge is 0.295 e. The first-order chi connectivity index (χ1) is 14.4. The van der Waals surface area contributed by atoms with Gasteiger partial charge in [0, 0.05) is 14.0 Å². The van der Waals surface area contributed by atoms with Crippen LogP contribution in [0.5, 0.6) is 5.75 Å². The minimum absolute atomic E-state index is 0.0234. The number of benzene rings is 2. The van der Waals surface area contributed by atoms with Crippen LogP contribution in [0.15, 0.2) is 53.3 Å². The third-order valence-electron chi connectivity index (χ3n) is 4.93. The molecule has 8 heteroatoms. The van der Waals surface area contributed by atoms with E-state index >= 15 is 0 Å². The number of hydrogen-bond acceptors (Lipinski definition) is 5. The molecule has 3 aromatic rings. The van der Waals surface area contributed by atoms with Gasteiger partial charge in [0.2, 0.25) is 17.6 Å². The van der Waals surface area contributed by atoms with Gasteiger partial charge in [-0.3, -0.25) is 23.9 Å². The van der Waals surface area contributed by atoms with E-state index in [4.69, 9.17) is 4.74 Å². The van der Waals surface area contributed by atoms with Crippen LogP contribution in [-0.2, 0) is 9.59 Å². The van der Waals surface area contributed by atoms with Crippen molar-refractivity contribution in [2.75, 3.05) is 24.4 Å². The quantitative estimate of drug-likeness (QED) is 0.677. The highest BCUT2D eigenvalue weighted by Crippen LogP contribution is 2.26. The molecule has 0 saturated heterocycles. The molecule has 0 bridgehead atoms. The summed E-state index contributed by atoms with van der Waals surface area (Å²) in [6, 6.07) is 13.3. The second-order valence-electron chi connectivity index (χ2n) is 6.79. The standard InChI is InChI=1S/C22H24N4O4/c1-5-17(21(28)24-16-11-7-9-13-19(16)30-4)26-18-12-8-6-10-15(18)23-20(22(26)29)25(3)14(2)27/h6-13,17H,5H2,1-4H3,(H,24,28)/t17-/m1/s1. The molecule has 1 atom stereocenters. The summed E-state index contributed by atoms with van der Waals surface area (Å²) in [5, 5.41) is 2.85. The van der Waals surface area contributed by atoms with Crippen LogP contribution in [0.3, 0.4) is 0 Å². The van der Waals surface area contributed by atoms with Crippen molar-refractivity contribution in [2.45, 2.75) is 26.3 Å². The normalized spacial score (nSPS) is 11.7. The molecule has 2 aromatic carbocycles. The first kappa shape index (κ1) is 21.0. The average molecular weight is 408 g/mol. The van der Waals surface area contributed by atoms with Gasteiger partial charge in [-0.2, -0.15) is 0 Å². The van der Waals surface area contributed by atoms with Crippen molar-refractivity contribution in [3.8, 4) is 5.75 Å². The molecule has 30 heavy (non-hydrogen) atoms. The van der Waals surface area contributed by atoms with Crippen molar-refractivity contribution in [3.05, 3.63) is 58.9 Å². The van der Waals surface area contributed by atoms with Gasteiger partial charge in [-0.25, -0.2) is 4.98 Å². The van der Waals surface area contributed by atoms with Crippen LogP contribution in [0, 0.1) is 0 Å². The fourth-order valence-corrected chi connectivity index (χ4v) is 3.27. The van der Waals surface area contributed by atoms with E-state index in [9.17, 15) is 14.4 Å². The second kappa shape index (κ2) is 8.77. The number of carbonyl (C=O) groups is 2. The lowest BCUT2D eigenvalue weighted by Crippen LogP contribution is -2.38. The molecule has 0 unspecified atom stereocenters. The van der Waals surface area contributed by atoms with Gasteiger partial charge in [0.25, 0.3) is 5.56 Å². The van der Waals surface area contributed by atoms with E-state index in [1.165, 1.54) is 30.5 Å². The van der Waals surface area contributed by atoms with Crippen LogP contribution in [0.2, 0.25) is 0 Å². The van der Waals surface area contributed by atoms with E-state index in [2.05, 4.69) is 10.3 Å². The molecule has 1 N–H and O–H groups in total. The number of rotatable bonds is 6. The van der Waals surface area contributed by atoms with Crippen molar-refractivity contribution in [1.82, 2.24) is 9.55 Å². The number of para-hydroxylation sites is 4. The number of fused-ring (bicyclic) bond motifs is 1. The average Bonchev–Trinajstić information content (AvgIpc) is 2.75. The van der Waals surface area contributed by atoms with E-state index in [-0.39, 0.29) is 17.6 Å². The Morgan fingerprint density at radius 2 is 1.83 bits per heavy atom. The number of nitrogens with zero attached hydrogens (tertiary/aromatic N) is 3. The highest BCUT2D eigenvalue weighted by Gasteiger charge is 2.26. The summed E-state index contributed by atoms with van der Waals surface area (Å²) in [5.41, 5.74) is 1.04. The van der Waals surface area contributed by atoms with Gasteiger partial charge in [0.05, 0.1) is 23.8 Å². The molecule has 3 rings (SSSR count). The molecule has 0 aliphatic rings. The predicted molar refractivity (Wildman–Crippen MR) is 116 cm³/mol. The Morgan fingerprint density at radius 3 is 2.50 bits per heavy atom. The van der Waals surface area contributed by atoms with Gasteiger partial charge in [0.1, 0.15) is 11.8 Å². The van der Waals surface area contributed by atoms with Crippen molar-refractivity contribution < 1.29 is 14.3 Å². The van der Waals surface area contributed by atoms with Crippen LogP contribution >= 0.6 is 0 Å². The monoisotopic (exact) mass is 408 g/mol. The lowest BCUT2D eigenvalue weighted by Gasteiger charge is -2.23.